The maximum Gasteiger partial charge on any atom is 0.227 e. The minimum absolute atomic E-state index is 0.216. The second-order valence-electron chi connectivity index (χ2n) is 6.79. The first kappa shape index (κ1) is 12.5. The molecule has 0 radical (unpaired) electrons. The number of nitrogens with zero attached hydrogens (tertiary/aromatic N) is 1. The lowest BCUT2D eigenvalue weighted by Gasteiger charge is -2.29. The highest BCUT2D eigenvalue weighted by atomic mass is 16.2. The van der Waals surface area contributed by atoms with Gasteiger partial charge in [0.2, 0.25) is 5.91 Å². The van der Waals surface area contributed by atoms with Crippen LogP contribution in [0.4, 0.5) is 0 Å². The Hall–Kier alpha value is -0.570. The number of amides is 1. The van der Waals surface area contributed by atoms with Crippen molar-refractivity contribution < 1.29 is 4.79 Å². The lowest BCUT2D eigenvalue weighted by atomic mass is 9.88. The van der Waals surface area contributed by atoms with Crippen LogP contribution in [-0.2, 0) is 4.79 Å². The highest BCUT2D eigenvalue weighted by Gasteiger charge is 2.41. The number of carbonyl (C=O) groups is 1. The fourth-order valence-electron chi connectivity index (χ4n) is 4.52. The Morgan fingerprint density at radius 3 is 2.67 bits per heavy atom. The SMILES string of the molecule is CC1NCCC1C(=O)N(C)CC1CC2CCC1C2. The summed E-state index contributed by atoms with van der Waals surface area (Å²) in [6, 6.07) is 0.361. The van der Waals surface area contributed by atoms with Crippen LogP contribution in [0.25, 0.3) is 0 Å². The average molecular weight is 250 g/mol. The smallest absolute Gasteiger partial charge is 0.227 e. The normalized spacial score (nSPS) is 42.4. The van der Waals surface area contributed by atoms with Crippen LogP contribution in [-0.4, -0.2) is 37.0 Å². The number of hydrogen-bond acceptors (Lipinski definition) is 2. The fourth-order valence-corrected chi connectivity index (χ4v) is 4.52. The molecule has 3 fully saturated rings. The molecular weight excluding hydrogens is 224 g/mol. The maximum absolute atomic E-state index is 12.4. The van der Waals surface area contributed by atoms with Crippen LogP contribution in [0.2, 0.25) is 0 Å². The van der Waals surface area contributed by atoms with Crippen LogP contribution in [0.1, 0.15) is 39.0 Å². The molecule has 1 aliphatic heterocycles. The summed E-state index contributed by atoms with van der Waals surface area (Å²) in [7, 11) is 2.01. The third-order valence-corrected chi connectivity index (χ3v) is 5.61. The quantitative estimate of drug-likeness (QED) is 0.829. The third-order valence-electron chi connectivity index (χ3n) is 5.61. The van der Waals surface area contributed by atoms with Crippen LogP contribution >= 0.6 is 0 Å². The molecule has 5 atom stereocenters. The molecule has 2 saturated carbocycles. The van der Waals surface area contributed by atoms with Crippen molar-refractivity contribution in [2.24, 2.45) is 23.7 Å². The molecule has 5 unspecified atom stereocenters. The molecule has 2 bridgehead atoms. The van der Waals surface area contributed by atoms with E-state index in [9.17, 15) is 4.79 Å². The maximum atomic E-state index is 12.4. The molecule has 0 aromatic carbocycles. The van der Waals surface area contributed by atoms with Gasteiger partial charge in [0, 0.05) is 19.6 Å². The van der Waals surface area contributed by atoms with E-state index in [0.717, 1.165) is 37.3 Å². The topological polar surface area (TPSA) is 32.3 Å². The van der Waals surface area contributed by atoms with Gasteiger partial charge in [-0.05, 0) is 56.9 Å². The van der Waals surface area contributed by atoms with Gasteiger partial charge in [0.05, 0.1) is 5.92 Å². The van der Waals surface area contributed by atoms with Crippen molar-refractivity contribution in [2.75, 3.05) is 20.1 Å². The summed E-state index contributed by atoms with van der Waals surface area (Å²) in [5, 5.41) is 3.38. The van der Waals surface area contributed by atoms with Gasteiger partial charge >= 0.3 is 0 Å². The second kappa shape index (κ2) is 4.84. The number of carbonyl (C=O) groups excluding carboxylic acids is 1. The summed E-state index contributed by atoms with van der Waals surface area (Å²) in [5.74, 6) is 3.28. The second-order valence-corrected chi connectivity index (χ2v) is 6.79. The van der Waals surface area contributed by atoms with E-state index in [1.54, 1.807) is 0 Å². The van der Waals surface area contributed by atoms with Crippen molar-refractivity contribution in [1.29, 1.82) is 0 Å². The van der Waals surface area contributed by atoms with Crippen molar-refractivity contribution in [3.63, 3.8) is 0 Å². The van der Waals surface area contributed by atoms with Crippen molar-refractivity contribution in [3.8, 4) is 0 Å². The molecule has 1 amide bonds. The van der Waals surface area contributed by atoms with Crippen LogP contribution in [0.15, 0.2) is 0 Å². The predicted octanol–water partition coefficient (Wildman–Crippen LogP) is 1.88. The molecule has 102 valence electrons. The average Bonchev–Trinajstić information content (AvgIpc) is 3.04. The fraction of sp³-hybridized carbons (Fsp3) is 0.933. The molecule has 3 heteroatoms. The number of rotatable bonds is 3. The van der Waals surface area contributed by atoms with Crippen LogP contribution in [0, 0.1) is 23.7 Å². The van der Waals surface area contributed by atoms with Gasteiger partial charge in [-0.3, -0.25) is 4.79 Å². The molecule has 1 heterocycles. The molecule has 1 saturated heterocycles. The summed E-state index contributed by atoms with van der Waals surface area (Å²) in [5.41, 5.74) is 0. The van der Waals surface area contributed by atoms with Crippen molar-refractivity contribution in [3.05, 3.63) is 0 Å². The zero-order valence-electron chi connectivity index (χ0n) is 11.7. The van der Waals surface area contributed by atoms with Crippen LogP contribution in [0.3, 0.4) is 0 Å². The number of hydrogen-bond donors (Lipinski definition) is 1. The first-order chi connectivity index (χ1) is 8.65. The van der Waals surface area contributed by atoms with Gasteiger partial charge in [-0.25, -0.2) is 0 Å². The molecule has 2 aliphatic carbocycles. The van der Waals surface area contributed by atoms with E-state index in [4.69, 9.17) is 0 Å². The monoisotopic (exact) mass is 250 g/mol. The van der Waals surface area contributed by atoms with Gasteiger partial charge in [0.15, 0.2) is 0 Å². The molecule has 0 aromatic heterocycles. The van der Waals surface area contributed by atoms with E-state index in [0.29, 0.717) is 11.9 Å². The lowest BCUT2D eigenvalue weighted by Crippen LogP contribution is -2.41. The predicted molar refractivity (Wildman–Crippen MR) is 72.1 cm³/mol. The molecule has 18 heavy (non-hydrogen) atoms. The third kappa shape index (κ3) is 2.18. The van der Waals surface area contributed by atoms with E-state index < -0.39 is 0 Å². The highest BCUT2D eigenvalue weighted by Crippen LogP contribution is 2.48. The summed E-state index contributed by atoms with van der Waals surface area (Å²) in [6.45, 7) is 4.14. The first-order valence-electron chi connectivity index (χ1n) is 7.63. The van der Waals surface area contributed by atoms with E-state index in [1.165, 1.54) is 25.7 Å². The van der Waals surface area contributed by atoms with E-state index in [-0.39, 0.29) is 5.92 Å². The molecule has 1 N–H and O–H groups in total. The Balaban J connectivity index is 1.54. The molecule has 3 aliphatic rings. The van der Waals surface area contributed by atoms with Crippen LogP contribution < -0.4 is 5.32 Å². The zero-order valence-corrected chi connectivity index (χ0v) is 11.7. The zero-order chi connectivity index (χ0) is 12.7. The minimum Gasteiger partial charge on any atom is -0.345 e. The van der Waals surface area contributed by atoms with Gasteiger partial charge in [-0.15, -0.1) is 0 Å². The van der Waals surface area contributed by atoms with Gasteiger partial charge in [-0.2, -0.15) is 0 Å². The summed E-state index contributed by atoms with van der Waals surface area (Å²) in [6.07, 6.45) is 6.69. The number of nitrogens with one attached hydrogen (secondary N) is 1. The van der Waals surface area contributed by atoms with Crippen molar-refractivity contribution >= 4 is 5.91 Å². The summed E-state index contributed by atoms with van der Waals surface area (Å²) in [4.78, 5) is 14.5. The Labute approximate surface area is 110 Å². The van der Waals surface area contributed by atoms with Crippen molar-refractivity contribution in [1.82, 2.24) is 10.2 Å². The van der Waals surface area contributed by atoms with E-state index in [2.05, 4.69) is 12.2 Å². The van der Waals surface area contributed by atoms with E-state index in [1.807, 2.05) is 11.9 Å². The Morgan fingerprint density at radius 1 is 1.28 bits per heavy atom. The first-order valence-corrected chi connectivity index (χ1v) is 7.63. The van der Waals surface area contributed by atoms with Gasteiger partial charge in [-0.1, -0.05) is 6.42 Å². The van der Waals surface area contributed by atoms with Gasteiger partial charge < -0.3 is 10.2 Å². The van der Waals surface area contributed by atoms with Gasteiger partial charge in [0.1, 0.15) is 0 Å². The van der Waals surface area contributed by atoms with Gasteiger partial charge in [0.25, 0.3) is 0 Å². The molecule has 3 rings (SSSR count). The lowest BCUT2D eigenvalue weighted by molar-refractivity contribution is -0.135. The molecular formula is C15H26N2O. The molecule has 0 aromatic rings. The van der Waals surface area contributed by atoms with Crippen molar-refractivity contribution in [2.45, 2.75) is 45.1 Å². The Morgan fingerprint density at radius 2 is 2.11 bits per heavy atom. The molecule has 0 spiro atoms. The molecule has 3 nitrogen and oxygen atoms in total. The van der Waals surface area contributed by atoms with Crippen LogP contribution in [0.5, 0.6) is 0 Å². The number of fused-ring (bicyclic) bond motifs is 2. The highest BCUT2D eigenvalue weighted by molar-refractivity contribution is 5.79. The Kier molecular flexibility index (Phi) is 3.35. The minimum atomic E-state index is 0.216. The standard InChI is InChI=1S/C15H26N2O/c1-10-14(5-6-16-10)15(18)17(2)9-13-8-11-3-4-12(13)7-11/h10-14,16H,3-9H2,1-2H3. The summed E-state index contributed by atoms with van der Waals surface area (Å²) >= 11 is 0. The summed E-state index contributed by atoms with van der Waals surface area (Å²) < 4.78 is 0. The van der Waals surface area contributed by atoms with E-state index >= 15 is 0 Å². The Bertz CT molecular complexity index is 330. The largest absolute Gasteiger partial charge is 0.345 e.